The molecule has 0 radical (unpaired) electrons. The molecule has 7 nitrogen and oxygen atoms in total. The first-order valence-corrected chi connectivity index (χ1v) is 5.82. The molecule has 0 atom stereocenters. The Bertz CT molecular complexity index is 449. The molecule has 5 N–H and O–H groups in total. The maximum Gasteiger partial charge on any atom is 0.316 e. The number of nitrogens with one attached hydrogen (secondary N) is 2. The van der Waals surface area contributed by atoms with Gasteiger partial charge >= 0.3 is 6.03 Å². The van der Waals surface area contributed by atoms with Crippen LogP contribution in [0.4, 0.5) is 4.79 Å². The predicted molar refractivity (Wildman–Crippen MR) is 70.2 cm³/mol. The van der Waals surface area contributed by atoms with Gasteiger partial charge in [-0.25, -0.2) is 4.79 Å². The summed E-state index contributed by atoms with van der Waals surface area (Å²) in [5.74, 6) is -1.23. The first-order chi connectivity index (χ1) is 8.93. The van der Waals surface area contributed by atoms with Gasteiger partial charge < -0.3 is 30.9 Å². The quantitative estimate of drug-likeness (QED) is 0.387. The molecule has 2 amide bonds. The molecule has 0 aromatic heterocycles. The molecule has 0 saturated heterocycles. The summed E-state index contributed by atoms with van der Waals surface area (Å²) in [6.07, 6.45) is 0. The number of carbonyl (C=O) groups excluding carboxylic acids is 1. The first-order valence-electron chi connectivity index (χ1n) is 5.82. The van der Waals surface area contributed by atoms with E-state index in [4.69, 9.17) is 5.11 Å². The zero-order chi connectivity index (χ0) is 14.4. The van der Waals surface area contributed by atoms with Gasteiger partial charge in [0, 0.05) is 39.3 Å². The zero-order valence-corrected chi connectivity index (χ0v) is 11.0. The molecule has 1 rings (SSSR count). The highest BCUT2D eigenvalue weighted by atomic mass is 16.3. The maximum atomic E-state index is 11.2. The Morgan fingerprint density at radius 3 is 2.47 bits per heavy atom. The van der Waals surface area contributed by atoms with Gasteiger partial charge in [0.2, 0.25) is 5.75 Å². The monoisotopic (exact) mass is 269 g/mol. The first kappa shape index (κ1) is 14.9. The van der Waals surface area contributed by atoms with Crippen LogP contribution in [0.3, 0.4) is 0 Å². The van der Waals surface area contributed by atoms with Crippen LogP contribution in [0, 0.1) is 0 Å². The number of nitrogens with zero attached hydrogens (tertiary/aromatic N) is 1. The Morgan fingerprint density at radius 1 is 1.16 bits per heavy atom. The number of benzene rings is 1. The molecule has 0 bridgehead atoms. The van der Waals surface area contributed by atoms with Crippen molar-refractivity contribution in [3.63, 3.8) is 0 Å². The van der Waals surface area contributed by atoms with Crippen molar-refractivity contribution < 1.29 is 20.1 Å². The molecule has 1 aromatic carbocycles. The Morgan fingerprint density at radius 2 is 1.84 bits per heavy atom. The molecule has 0 aliphatic carbocycles. The van der Waals surface area contributed by atoms with Crippen molar-refractivity contribution in [2.45, 2.75) is 6.54 Å². The van der Waals surface area contributed by atoms with Crippen molar-refractivity contribution in [1.29, 1.82) is 0 Å². The van der Waals surface area contributed by atoms with Crippen LogP contribution in [-0.4, -0.2) is 53.4 Å². The van der Waals surface area contributed by atoms with Crippen LogP contribution in [0.1, 0.15) is 5.56 Å². The van der Waals surface area contributed by atoms with E-state index in [0.717, 1.165) is 0 Å². The van der Waals surface area contributed by atoms with Crippen molar-refractivity contribution in [3.05, 3.63) is 17.7 Å². The van der Waals surface area contributed by atoms with E-state index in [2.05, 4.69) is 10.6 Å². The third kappa shape index (κ3) is 4.22. The number of urea groups is 1. The number of aromatic hydroxyl groups is 3. The number of phenols is 3. The highest BCUT2D eigenvalue weighted by Gasteiger charge is 2.10. The summed E-state index contributed by atoms with van der Waals surface area (Å²) >= 11 is 0. The van der Waals surface area contributed by atoms with Gasteiger partial charge in [0.15, 0.2) is 11.5 Å². The Hall–Kier alpha value is -2.15. The van der Waals surface area contributed by atoms with E-state index in [0.29, 0.717) is 25.2 Å². The van der Waals surface area contributed by atoms with E-state index in [1.165, 1.54) is 17.0 Å². The lowest BCUT2D eigenvalue weighted by atomic mass is 10.1. The molecule has 0 fully saturated rings. The minimum Gasteiger partial charge on any atom is -0.504 e. The maximum absolute atomic E-state index is 11.2. The standard InChI is InChI=1S/C12H19N3O4/c1-15(2)12(19)14-6-5-13-7-8-3-4-9(16)11(18)10(8)17/h3-4,13,16-18H,5-7H2,1-2H3,(H,14,19). The minimum atomic E-state index is -0.528. The lowest BCUT2D eigenvalue weighted by molar-refractivity contribution is 0.217. The average Bonchev–Trinajstić information content (AvgIpc) is 2.37. The van der Waals surface area contributed by atoms with Gasteiger partial charge in [0.1, 0.15) is 0 Å². The second-order valence-electron chi connectivity index (χ2n) is 4.24. The molecule has 0 spiro atoms. The Kier molecular flexibility index (Phi) is 5.25. The molecule has 0 aliphatic heterocycles. The van der Waals surface area contributed by atoms with E-state index in [-0.39, 0.29) is 17.5 Å². The van der Waals surface area contributed by atoms with E-state index in [1.807, 2.05) is 0 Å². The summed E-state index contributed by atoms with van der Waals surface area (Å²) in [6.45, 7) is 1.28. The fourth-order valence-corrected chi connectivity index (χ4v) is 1.39. The second-order valence-corrected chi connectivity index (χ2v) is 4.24. The van der Waals surface area contributed by atoms with Crippen molar-refractivity contribution >= 4 is 6.03 Å². The van der Waals surface area contributed by atoms with Gasteiger partial charge in [-0.3, -0.25) is 0 Å². The van der Waals surface area contributed by atoms with Crippen LogP contribution in [0.25, 0.3) is 0 Å². The van der Waals surface area contributed by atoms with Crippen LogP contribution >= 0.6 is 0 Å². The van der Waals surface area contributed by atoms with Gasteiger partial charge in [-0.15, -0.1) is 0 Å². The summed E-state index contributed by atoms with van der Waals surface area (Å²) < 4.78 is 0. The van der Waals surface area contributed by atoms with Gasteiger partial charge in [0.25, 0.3) is 0 Å². The summed E-state index contributed by atoms with van der Waals surface area (Å²) in [5.41, 5.74) is 0.467. The van der Waals surface area contributed by atoms with E-state index in [1.54, 1.807) is 14.1 Å². The third-order valence-electron chi connectivity index (χ3n) is 2.51. The minimum absolute atomic E-state index is 0.174. The molecular weight excluding hydrogens is 250 g/mol. The van der Waals surface area contributed by atoms with Gasteiger partial charge in [0.05, 0.1) is 0 Å². The number of hydrogen-bond donors (Lipinski definition) is 5. The predicted octanol–water partition coefficient (Wildman–Crippen LogP) is 0.164. The largest absolute Gasteiger partial charge is 0.504 e. The van der Waals surface area contributed by atoms with Gasteiger partial charge in [-0.05, 0) is 6.07 Å². The molecule has 0 unspecified atom stereocenters. The van der Waals surface area contributed by atoms with Crippen LogP contribution in [0.5, 0.6) is 17.2 Å². The Balaban J connectivity index is 2.34. The molecule has 19 heavy (non-hydrogen) atoms. The number of amides is 2. The van der Waals surface area contributed by atoms with E-state index in [9.17, 15) is 15.0 Å². The highest BCUT2D eigenvalue weighted by molar-refractivity contribution is 5.73. The molecule has 106 valence electrons. The second kappa shape index (κ2) is 6.69. The molecule has 1 aromatic rings. The van der Waals surface area contributed by atoms with Crippen molar-refractivity contribution in [3.8, 4) is 17.2 Å². The molecule has 0 aliphatic rings. The van der Waals surface area contributed by atoms with Crippen molar-refractivity contribution in [2.24, 2.45) is 0 Å². The summed E-state index contributed by atoms with van der Waals surface area (Å²) in [5, 5.41) is 33.7. The summed E-state index contributed by atoms with van der Waals surface area (Å²) in [4.78, 5) is 12.6. The number of rotatable bonds is 5. The zero-order valence-electron chi connectivity index (χ0n) is 11.0. The SMILES string of the molecule is CN(C)C(=O)NCCNCc1ccc(O)c(O)c1O. The number of carbonyl (C=O) groups is 1. The van der Waals surface area contributed by atoms with Crippen molar-refractivity contribution in [1.82, 2.24) is 15.5 Å². The van der Waals surface area contributed by atoms with Gasteiger partial charge in [-0.2, -0.15) is 0 Å². The lowest BCUT2D eigenvalue weighted by Gasteiger charge is -2.12. The van der Waals surface area contributed by atoms with E-state index < -0.39 is 5.75 Å². The molecule has 7 heteroatoms. The summed E-state index contributed by atoms with van der Waals surface area (Å²) in [7, 11) is 3.31. The highest BCUT2D eigenvalue weighted by Crippen LogP contribution is 2.36. The fourth-order valence-electron chi connectivity index (χ4n) is 1.39. The third-order valence-corrected chi connectivity index (χ3v) is 2.51. The van der Waals surface area contributed by atoms with Gasteiger partial charge in [-0.1, -0.05) is 6.07 Å². The molecule has 0 saturated carbocycles. The Labute approximate surface area is 111 Å². The lowest BCUT2D eigenvalue weighted by Crippen LogP contribution is -2.38. The van der Waals surface area contributed by atoms with Crippen LogP contribution in [0.2, 0.25) is 0 Å². The van der Waals surface area contributed by atoms with Crippen LogP contribution < -0.4 is 10.6 Å². The van der Waals surface area contributed by atoms with Crippen molar-refractivity contribution in [2.75, 3.05) is 27.2 Å². The normalized spacial score (nSPS) is 10.2. The van der Waals surface area contributed by atoms with Crippen LogP contribution in [0.15, 0.2) is 12.1 Å². The fraction of sp³-hybridized carbons (Fsp3) is 0.417. The number of hydrogen-bond acceptors (Lipinski definition) is 5. The smallest absolute Gasteiger partial charge is 0.316 e. The number of phenolic OH excluding ortho intramolecular Hbond substituents is 3. The summed E-state index contributed by atoms with van der Waals surface area (Å²) in [6, 6.07) is 2.64. The average molecular weight is 269 g/mol. The van der Waals surface area contributed by atoms with Crippen LogP contribution in [-0.2, 0) is 6.54 Å². The van der Waals surface area contributed by atoms with E-state index >= 15 is 0 Å². The molecular formula is C12H19N3O4. The topological polar surface area (TPSA) is 105 Å². The molecule has 0 heterocycles.